The van der Waals surface area contributed by atoms with Crippen LogP contribution < -0.4 is 5.32 Å². The molecule has 0 saturated heterocycles. The zero-order valence-electron chi connectivity index (χ0n) is 16.7. The molecule has 0 spiro atoms. The maximum atomic E-state index is 14.2. The van der Waals surface area contributed by atoms with Crippen LogP contribution in [0.15, 0.2) is 42.5 Å². The average Bonchev–Trinajstić information content (AvgIpc) is 2.67. The first-order valence-corrected chi connectivity index (χ1v) is 10.2. The molecule has 2 aromatic rings. The third-order valence-electron chi connectivity index (χ3n) is 4.51. The number of nitrogens with zero attached hydrogens (tertiary/aromatic N) is 1. The summed E-state index contributed by atoms with van der Waals surface area (Å²) in [6.45, 7) is 6.07. The standard InChI is InChI=1S/C22H25Cl2FN2O2/c1-14(2)12-26-22(29)15(3)27(13-17-6-4-5-7-20(17)25)21(28)10-16-8-9-18(23)11-19(16)24/h4-9,11,14-15H,10,12-13H2,1-3H3,(H,26,29)/t15-/m0/s1. The van der Waals surface area contributed by atoms with E-state index < -0.39 is 11.9 Å². The van der Waals surface area contributed by atoms with E-state index in [0.717, 1.165) is 0 Å². The molecule has 1 atom stereocenters. The van der Waals surface area contributed by atoms with Gasteiger partial charge in [-0.05, 0) is 36.6 Å². The number of halogens is 3. The van der Waals surface area contributed by atoms with Crippen molar-refractivity contribution < 1.29 is 14.0 Å². The summed E-state index contributed by atoms with van der Waals surface area (Å²) < 4.78 is 14.2. The van der Waals surface area contributed by atoms with Crippen molar-refractivity contribution in [2.45, 2.75) is 39.8 Å². The first-order chi connectivity index (χ1) is 13.7. The van der Waals surface area contributed by atoms with Crippen LogP contribution in [-0.2, 0) is 22.6 Å². The summed E-state index contributed by atoms with van der Waals surface area (Å²) in [7, 11) is 0. The predicted molar refractivity (Wildman–Crippen MR) is 114 cm³/mol. The van der Waals surface area contributed by atoms with Gasteiger partial charge in [0.2, 0.25) is 11.8 Å². The van der Waals surface area contributed by atoms with Gasteiger partial charge >= 0.3 is 0 Å². The molecule has 7 heteroatoms. The second-order valence-electron chi connectivity index (χ2n) is 7.34. The Labute approximate surface area is 181 Å². The molecule has 0 aliphatic rings. The lowest BCUT2D eigenvalue weighted by molar-refractivity contribution is -0.140. The SMILES string of the molecule is CC(C)CNC(=O)[C@H](C)N(Cc1ccccc1F)C(=O)Cc1ccc(Cl)cc1Cl. The van der Waals surface area contributed by atoms with Gasteiger partial charge < -0.3 is 10.2 Å². The normalized spacial score (nSPS) is 12.0. The van der Waals surface area contributed by atoms with Crippen LogP contribution >= 0.6 is 23.2 Å². The van der Waals surface area contributed by atoms with Gasteiger partial charge in [0.05, 0.1) is 6.42 Å². The van der Waals surface area contributed by atoms with Crippen LogP contribution in [0.25, 0.3) is 0 Å². The third-order valence-corrected chi connectivity index (χ3v) is 5.09. The van der Waals surface area contributed by atoms with Crippen LogP contribution in [0, 0.1) is 11.7 Å². The lowest BCUT2D eigenvalue weighted by atomic mass is 10.1. The first-order valence-electron chi connectivity index (χ1n) is 9.43. The second-order valence-corrected chi connectivity index (χ2v) is 8.18. The molecule has 0 unspecified atom stereocenters. The van der Waals surface area contributed by atoms with Gasteiger partial charge in [-0.2, -0.15) is 0 Å². The summed E-state index contributed by atoms with van der Waals surface area (Å²) in [6.07, 6.45) is -0.0216. The predicted octanol–water partition coefficient (Wildman–Crippen LogP) is 4.86. The van der Waals surface area contributed by atoms with Crippen LogP contribution in [-0.4, -0.2) is 29.3 Å². The number of nitrogens with one attached hydrogen (secondary N) is 1. The summed E-state index contributed by atoms with van der Waals surface area (Å²) in [4.78, 5) is 27.0. The molecule has 1 N–H and O–H groups in total. The third kappa shape index (κ3) is 6.72. The minimum absolute atomic E-state index is 0.0209. The Morgan fingerprint density at radius 2 is 1.76 bits per heavy atom. The maximum absolute atomic E-state index is 14.2. The first kappa shape index (κ1) is 23.2. The van der Waals surface area contributed by atoms with E-state index in [9.17, 15) is 14.0 Å². The van der Waals surface area contributed by atoms with Crippen molar-refractivity contribution in [1.82, 2.24) is 10.2 Å². The molecule has 0 saturated carbocycles. The van der Waals surface area contributed by atoms with Gasteiger partial charge in [-0.3, -0.25) is 9.59 Å². The highest BCUT2D eigenvalue weighted by Gasteiger charge is 2.27. The number of rotatable bonds is 8. The second kappa shape index (κ2) is 10.6. The summed E-state index contributed by atoms with van der Waals surface area (Å²) in [5.74, 6) is -0.769. The zero-order chi connectivity index (χ0) is 21.6. The Kier molecular flexibility index (Phi) is 8.47. The molecule has 4 nitrogen and oxygen atoms in total. The molecule has 0 bridgehead atoms. The van der Waals surface area contributed by atoms with Crippen molar-refractivity contribution in [3.05, 3.63) is 69.5 Å². The van der Waals surface area contributed by atoms with Crippen molar-refractivity contribution in [3.8, 4) is 0 Å². The Morgan fingerprint density at radius 1 is 1.07 bits per heavy atom. The number of hydrogen-bond donors (Lipinski definition) is 1. The van der Waals surface area contributed by atoms with Crippen molar-refractivity contribution >= 4 is 35.0 Å². The molecular formula is C22H25Cl2FN2O2. The van der Waals surface area contributed by atoms with Crippen molar-refractivity contribution in [1.29, 1.82) is 0 Å². The fourth-order valence-corrected chi connectivity index (χ4v) is 3.25. The van der Waals surface area contributed by atoms with Crippen LogP contribution in [0.3, 0.4) is 0 Å². The molecule has 0 aromatic heterocycles. The number of carbonyl (C=O) groups excluding carboxylic acids is 2. The average molecular weight is 439 g/mol. The van der Waals surface area contributed by atoms with E-state index in [1.165, 1.54) is 11.0 Å². The van der Waals surface area contributed by atoms with E-state index in [1.807, 2.05) is 13.8 Å². The van der Waals surface area contributed by atoms with Gasteiger partial charge in [0.15, 0.2) is 0 Å². The summed E-state index contributed by atoms with van der Waals surface area (Å²) in [5, 5.41) is 3.67. The van der Waals surface area contributed by atoms with E-state index in [-0.39, 0.29) is 30.7 Å². The molecule has 29 heavy (non-hydrogen) atoms. The van der Waals surface area contributed by atoms with Gasteiger partial charge in [0, 0.05) is 28.7 Å². The highest BCUT2D eigenvalue weighted by atomic mass is 35.5. The minimum atomic E-state index is -0.771. The highest BCUT2D eigenvalue weighted by molar-refractivity contribution is 6.35. The van der Waals surface area contributed by atoms with Crippen molar-refractivity contribution in [3.63, 3.8) is 0 Å². The number of amides is 2. The topological polar surface area (TPSA) is 49.4 Å². The van der Waals surface area contributed by atoms with E-state index in [2.05, 4.69) is 5.32 Å². The van der Waals surface area contributed by atoms with Crippen LogP contribution in [0.2, 0.25) is 10.0 Å². The molecule has 0 radical (unpaired) electrons. The monoisotopic (exact) mass is 438 g/mol. The fourth-order valence-electron chi connectivity index (χ4n) is 2.77. The molecule has 2 amide bonds. The van der Waals surface area contributed by atoms with Crippen molar-refractivity contribution in [2.75, 3.05) is 6.54 Å². The minimum Gasteiger partial charge on any atom is -0.354 e. The van der Waals surface area contributed by atoms with Gasteiger partial charge in [0.25, 0.3) is 0 Å². The van der Waals surface area contributed by atoms with Crippen LogP contribution in [0.1, 0.15) is 31.9 Å². The Morgan fingerprint density at radius 3 is 2.38 bits per heavy atom. The Balaban J connectivity index is 2.26. The van der Waals surface area contributed by atoms with E-state index in [0.29, 0.717) is 27.7 Å². The fraction of sp³-hybridized carbons (Fsp3) is 0.364. The summed E-state index contributed by atoms with van der Waals surface area (Å²) >= 11 is 12.1. The van der Waals surface area contributed by atoms with Gasteiger partial charge in [0.1, 0.15) is 11.9 Å². The summed E-state index contributed by atoms with van der Waals surface area (Å²) in [5.41, 5.74) is 0.931. The lowest BCUT2D eigenvalue weighted by Crippen LogP contribution is -2.48. The van der Waals surface area contributed by atoms with E-state index in [1.54, 1.807) is 43.3 Å². The lowest BCUT2D eigenvalue weighted by Gasteiger charge is -2.29. The van der Waals surface area contributed by atoms with Crippen molar-refractivity contribution in [2.24, 2.45) is 5.92 Å². The maximum Gasteiger partial charge on any atom is 0.242 e. The van der Waals surface area contributed by atoms with Gasteiger partial charge in [-0.1, -0.05) is 61.3 Å². The number of carbonyl (C=O) groups is 2. The van der Waals surface area contributed by atoms with Crippen LogP contribution in [0.5, 0.6) is 0 Å². The summed E-state index contributed by atoms with van der Waals surface area (Å²) in [6, 6.07) is 10.3. The molecule has 156 valence electrons. The largest absolute Gasteiger partial charge is 0.354 e. The van der Waals surface area contributed by atoms with Gasteiger partial charge in [-0.15, -0.1) is 0 Å². The number of hydrogen-bond acceptors (Lipinski definition) is 2. The zero-order valence-corrected chi connectivity index (χ0v) is 18.2. The van der Waals surface area contributed by atoms with Crippen LogP contribution in [0.4, 0.5) is 4.39 Å². The Bertz CT molecular complexity index is 874. The molecule has 0 fully saturated rings. The van der Waals surface area contributed by atoms with Gasteiger partial charge in [-0.25, -0.2) is 4.39 Å². The number of benzene rings is 2. The smallest absolute Gasteiger partial charge is 0.242 e. The molecule has 0 aliphatic heterocycles. The molecule has 0 heterocycles. The molecule has 2 aromatic carbocycles. The Hall–Kier alpha value is -2.11. The molecule has 2 rings (SSSR count). The highest BCUT2D eigenvalue weighted by Crippen LogP contribution is 2.23. The molecular weight excluding hydrogens is 414 g/mol. The molecule has 0 aliphatic carbocycles. The van der Waals surface area contributed by atoms with E-state index in [4.69, 9.17) is 23.2 Å². The van der Waals surface area contributed by atoms with E-state index >= 15 is 0 Å². The quantitative estimate of drug-likeness (QED) is 0.639.